The quantitative estimate of drug-likeness (QED) is 0.743. The molecular weight excluding hydrogens is 224 g/mol. The fourth-order valence-electron chi connectivity index (χ4n) is 2.35. The molecule has 0 radical (unpaired) electrons. The molecule has 0 amide bonds. The summed E-state index contributed by atoms with van der Waals surface area (Å²) in [6.07, 6.45) is 2.30. The third-order valence-electron chi connectivity index (χ3n) is 3.40. The molecule has 0 aliphatic heterocycles. The van der Waals surface area contributed by atoms with Crippen LogP contribution in [0.3, 0.4) is 0 Å². The Balaban J connectivity index is 2.87. The molecule has 0 aliphatic rings. The first-order valence-electron chi connectivity index (χ1n) is 6.85. The van der Waals surface area contributed by atoms with E-state index in [0.29, 0.717) is 13.1 Å². The maximum Gasteiger partial charge on any atom is 0.0558 e. The van der Waals surface area contributed by atoms with Crippen molar-refractivity contribution in [2.75, 3.05) is 26.2 Å². The Hall–Kier alpha value is -0.900. The zero-order valence-corrected chi connectivity index (χ0v) is 11.6. The molecule has 0 aliphatic carbocycles. The van der Waals surface area contributed by atoms with Crippen molar-refractivity contribution in [1.29, 1.82) is 0 Å². The molecule has 3 heteroatoms. The summed E-state index contributed by atoms with van der Waals surface area (Å²) in [7, 11) is 0. The molecule has 3 nitrogen and oxygen atoms in total. The number of aliphatic hydroxyl groups is 1. The highest BCUT2D eigenvalue weighted by molar-refractivity contribution is 5.29. The van der Waals surface area contributed by atoms with Crippen LogP contribution < -0.4 is 5.73 Å². The highest BCUT2D eigenvalue weighted by Gasteiger charge is 2.19. The summed E-state index contributed by atoms with van der Waals surface area (Å²) in [4.78, 5) is 2.30. The molecule has 18 heavy (non-hydrogen) atoms. The van der Waals surface area contributed by atoms with Gasteiger partial charge in [-0.3, -0.25) is 4.90 Å². The molecule has 1 aromatic carbocycles. The zero-order valence-electron chi connectivity index (χ0n) is 11.6. The minimum atomic E-state index is 0.187. The Morgan fingerprint density at radius 2 is 2.00 bits per heavy atom. The molecule has 0 saturated heterocycles. The lowest BCUT2D eigenvalue weighted by atomic mass is 9.99. The van der Waals surface area contributed by atoms with Crippen molar-refractivity contribution in [2.24, 2.45) is 5.73 Å². The minimum Gasteiger partial charge on any atom is -0.395 e. The van der Waals surface area contributed by atoms with Gasteiger partial charge in [0.05, 0.1) is 6.61 Å². The summed E-state index contributed by atoms with van der Waals surface area (Å²) in [6, 6.07) is 8.58. The van der Waals surface area contributed by atoms with Gasteiger partial charge in [0.1, 0.15) is 0 Å². The molecule has 1 aromatic rings. The van der Waals surface area contributed by atoms with E-state index in [9.17, 15) is 5.11 Å². The Bertz CT molecular complexity index is 341. The monoisotopic (exact) mass is 250 g/mol. The number of nitrogens with zero attached hydrogens (tertiary/aromatic N) is 1. The Labute approximate surface area is 111 Å². The average Bonchev–Trinajstić information content (AvgIpc) is 2.38. The minimum absolute atomic E-state index is 0.187. The van der Waals surface area contributed by atoms with Crippen molar-refractivity contribution < 1.29 is 5.11 Å². The van der Waals surface area contributed by atoms with Crippen molar-refractivity contribution in [3.05, 3.63) is 35.4 Å². The predicted octanol–water partition coefficient (Wildman–Crippen LogP) is 2.09. The van der Waals surface area contributed by atoms with Crippen LogP contribution in [-0.4, -0.2) is 36.2 Å². The summed E-state index contributed by atoms with van der Waals surface area (Å²) in [5.74, 6) is 0. The molecule has 0 bridgehead atoms. The van der Waals surface area contributed by atoms with E-state index in [4.69, 9.17) is 5.73 Å². The van der Waals surface area contributed by atoms with E-state index in [0.717, 1.165) is 19.4 Å². The van der Waals surface area contributed by atoms with Crippen LogP contribution in [0.25, 0.3) is 0 Å². The van der Waals surface area contributed by atoms with Gasteiger partial charge < -0.3 is 10.8 Å². The number of hydrogen-bond acceptors (Lipinski definition) is 3. The largest absolute Gasteiger partial charge is 0.395 e. The van der Waals surface area contributed by atoms with Gasteiger partial charge in [0.15, 0.2) is 0 Å². The fraction of sp³-hybridized carbons (Fsp3) is 0.600. The van der Waals surface area contributed by atoms with Gasteiger partial charge in [-0.15, -0.1) is 0 Å². The second-order valence-electron chi connectivity index (χ2n) is 4.72. The number of hydrogen-bond donors (Lipinski definition) is 2. The van der Waals surface area contributed by atoms with Gasteiger partial charge in [-0.2, -0.15) is 0 Å². The summed E-state index contributed by atoms with van der Waals surface area (Å²) >= 11 is 0. The second-order valence-corrected chi connectivity index (χ2v) is 4.72. The maximum atomic E-state index is 9.21. The molecule has 1 rings (SSSR count). The Kier molecular flexibility index (Phi) is 6.94. The van der Waals surface area contributed by atoms with Crippen molar-refractivity contribution in [2.45, 2.75) is 32.7 Å². The van der Waals surface area contributed by atoms with Gasteiger partial charge in [0, 0.05) is 19.1 Å². The van der Waals surface area contributed by atoms with Gasteiger partial charge in [-0.1, -0.05) is 37.6 Å². The van der Waals surface area contributed by atoms with Gasteiger partial charge >= 0.3 is 0 Å². The second kappa shape index (κ2) is 8.25. The molecule has 0 heterocycles. The van der Waals surface area contributed by atoms with E-state index >= 15 is 0 Å². The van der Waals surface area contributed by atoms with Crippen LogP contribution in [0, 0.1) is 6.92 Å². The third-order valence-corrected chi connectivity index (χ3v) is 3.40. The Morgan fingerprint density at radius 3 is 2.56 bits per heavy atom. The number of benzene rings is 1. The summed E-state index contributed by atoms with van der Waals surface area (Å²) < 4.78 is 0. The smallest absolute Gasteiger partial charge is 0.0558 e. The molecule has 0 aromatic heterocycles. The zero-order chi connectivity index (χ0) is 13.4. The number of nitrogens with two attached hydrogens (primary N) is 1. The van der Waals surface area contributed by atoms with Crippen molar-refractivity contribution in [3.63, 3.8) is 0 Å². The first kappa shape index (κ1) is 15.2. The van der Waals surface area contributed by atoms with Crippen LogP contribution in [0.4, 0.5) is 0 Å². The SMILES string of the molecule is CCCCN(CCO)C(CN)c1ccccc1C. The lowest BCUT2D eigenvalue weighted by Gasteiger charge is -2.31. The Morgan fingerprint density at radius 1 is 1.28 bits per heavy atom. The molecule has 3 N–H and O–H groups in total. The highest BCUT2D eigenvalue weighted by Crippen LogP contribution is 2.23. The topological polar surface area (TPSA) is 49.5 Å². The van der Waals surface area contributed by atoms with Crippen molar-refractivity contribution in [1.82, 2.24) is 4.90 Å². The molecular formula is C15H26N2O. The summed E-state index contributed by atoms with van der Waals surface area (Å²) in [5, 5.41) is 9.21. The lowest BCUT2D eigenvalue weighted by molar-refractivity contribution is 0.151. The average molecular weight is 250 g/mol. The third kappa shape index (κ3) is 4.09. The van der Waals surface area contributed by atoms with E-state index in [2.05, 4.69) is 43.0 Å². The fourth-order valence-corrected chi connectivity index (χ4v) is 2.35. The lowest BCUT2D eigenvalue weighted by Crippen LogP contribution is -2.37. The van der Waals surface area contributed by atoms with Gasteiger partial charge in [0.25, 0.3) is 0 Å². The molecule has 0 saturated carbocycles. The van der Waals surface area contributed by atoms with Crippen LogP contribution in [-0.2, 0) is 0 Å². The standard InChI is InChI=1S/C15H26N2O/c1-3-4-9-17(10-11-18)15(12-16)14-8-6-5-7-13(14)2/h5-8,15,18H,3-4,9-12,16H2,1-2H3. The van der Waals surface area contributed by atoms with Gasteiger partial charge in [-0.25, -0.2) is 0 Å². The summed E-state index contributed by atoms with van der Waals surface area (Å²) in [5.41, 5.74) is 8.51. The molecule has 102 valence electrons. The van der Waals surface area contributed by atoms with E-state index in [-0.39, 0.29) is 12.6 Å². The van der Waals surface area contributed by atoms with Crippen molar-refractivity contribution in [3.8, 4) is 0 Å². The van der Waals surface area contributed by atoms with Gasteiger partial charge in [0.2, 0.25) is 0 Å². The first-order valence-corrected chi connectivity index (χ1v) is 6.85. The summed E-state index contributed by atoms with van der Waals surface area (Å²) in [6.45, 7) is 6.77. The van der Waals surface area contributed by atoms with E-state index in [1.54, 1.807) is 0 Å². The molecule has 0 fully saturated rings. The van der Waals surface area contributed by atoms with Crippen LogP contribution >= 0.6 is 0 Å². The van der Waals surface area contributed by atoms with Crippen LogP contribution in [0.2, 0.25) is 0 Å². The number of aryl methyl sites for hydroxylation is 1. The van der Waals surface area contributed by atoms with Crippen LogP contribution in [0.5, 0.6) is 0 Å². The van der Waals surface area contributed by atoms with E-state index in [1.807, 2.05) is 0 Å². The highest BCUT2D eigenvalue weighted by atomic mass is 16.3. The maximum absolute atomic E-state index is 9.21. The van der Waals surface area contributed by atoms with E-state index < -0.39 is 0 Å². The molecule has 1 atom stereocenters. The van der Waals surface area contributed by atoms with E-state index in [1.165, 1.54) is 11.1 Å². The number of unbranched alkanes of at least 4 members (excludes halogenated alkanes) is 1. The number of aliphatic hydroxyl groups excluding tert-OH is 1. The normalized spacial score (nSPS) is 12.9. The number of rotatable bonds is 8. The molecule has 0 spiro atoms. The van der Waals surface area contributed by atoms with Crippen molar-refractivity contribution >= 4 is 0 Å². The molecule has 1 unspecified atom stereocenters. The first-order chi connectivity index (χ1) is 8.74. The van der Waals surface area contributed by atoms with Gasteiger partial charge in [-0.05, 0) is 31.0 Å². The van der Waals surface area contributed by atoms with Crippen LogP contribution in [0.1, 0.15) is 36.9 Å². The predicted molar refractivity (Wildman–Crippen MR) is 76.5 cm³/mol. The van der Waals surface area contributed by atoms with Crippen LogP contribution in [0.15, 0.2) is 24.3 Å².